The minimum Gasteiger partial charge on any atom is -0.311 e. The Bertz CT molecular complexity index is 372. The number of hydrogen-bond acceptors (Lipinski definition) is 2. The third-order valence-corrected chi connectivity index (χ3v) is 2.83. The van der Waals surface area contributed by atoms with Crippen LogP contribution < -0.4 is 4.90 Å². The van der Waals surface area contributed by atoms with Crippen molar-refractivity contribution in [2.24, 2.45) is 0 Å². The van der Waals surface area contributed by atoms with Crippen LogP contribution in [0, 0.1) is 0 Å². The summed E-state index contributed by atoms with van der Waals surface area (Å²) in [6, 6.07) is 3.62. The summed E-state index contributed by atoms with van der Waals surface area (Å²) in [5.74, 6) is 0.0723. The molecule has 1 fully saturated rings. The number of aromatic nitrogens is 1. The normalized spacial score (nSPS) is 21.7. The van der Waals surface area contributed by atoms with Crippen molar-refractivity contribution in [1.29, 1.82) is 0 Å². The molecule has 0 saturated carbocycles. The van der Waals surface area contributed by atoms with Gasteiger partial charge in [0.1, 0.15) is 4.60 Å². The zero-order chi connectivity index (χ0) is 10.1. The largest absolute Gasteiger partial charge is 0.311 e. The molecule has 3 nitrogen and oxygen atoms in total. The lowest BCUT2D eigenvalue weighted by Crippen LogP contribution is -2.24. The standard InChI is InChI=1S/C9H8BrClN2O/c10-8-4-7(1-2-12-8)13-5-6(11)3-9(13)14/h1-2,4,6H,3,5H2. The number of rotatable bonds is 1. The van der Waals surface area contributed by atoms with Crippen LogP contribution in [0.25, 0.3) is 0 Å². The van der Waals surface area contributed by atoms with E-state index < -0.39 is 0 Å². The Kier molecular flexibility index (Phi) is 2.74. The molecule has 1 atom stereocenters. The van der Waals surface area contributed by atoms with Crippen molar-refractivity contribution in [3.05, 3.63) is 22.9 Å². The highest BCUT2D eigenvalue weighted by atomic mass is 79.9. The molecule has 2 rings (SSSR count). The van der Waals surface area contributed by atoms with Gasteiger partial charge in [-0.05, 0) is 28.1 Å². The fourth-order valence-corrected chi connectivity index (χ4v) is 2.10. The maximum atomic E-state index is 11.5. The Labute approximate surface area is 95.2 Å². The van der Waals surface area contributed by atoms with Crippen molar-refractivity contribution in [2.45, 2.75) is 11.8 Å². The minimum atomic E-state index is -0.0746. The van der Waals surface area contributed by atoms with Crippen LogP contribution >= 0.6 is 27.5 Å². The highest BCUT2D eigenvalue weighted by Crippen LogP contribution is 2.25. The molecule has 1 aliphatic heterocycles. The van der Waals surface area contributed by atoms with E-state index in [9.17, 15) is 4.79 Å². The molecule has 1 aromatic rings. The second-order valence-corrected chi connectivity index (χ2v) is 4.57. The summed E-state index contributed by atoms with van der Waals surface area (Å²) in [6.07, 6.45) is 2.08. The van der Waals surface area contributed by atoms with Crippen LogP contribution in [0.5, 0.6) is 0 Å². The quantitative estimate of drug-likeness (QED) is 0.581. The van der Waals surface area contributed by atoms with Crippen molar-refractivity contribution >= 4 is 39.1 Å². The molecule has 0 aromatic carbocycles. The summed E-state index contributed by atoms with van der Waals surface area (Å²) in [5.41, 5.74) is 0.847. The molecular weight excluding hydrogens is 267 g/mol. The molecule has 74 valence electrons. The fraction of sp³-hybridized carbons (Fsp3) is 0.333. The monoisotopic (exact) mass is 274 g/mol. The number of nitrogens with zero attached hydrogens (tertiary/aromatic N) is 2. The molecule has 0 radical (unpaired) electrons. The lowest BCUT2D eigenvalue weighted by molar-refractivity contribution is -0.117. The van der Waals surface area contributed by atoms with E-state index in [1.54, 1.807) is 17.2 Å². The molecule has 0 spiro atoms. The zero-order valence-corrected chi connectivity index (χ0v) is 9.62. The number of hydrogen-bond donors (Lipinski definition) is 0. The average molecular weight is 276 g/mol. The molecule has 5 heteroatoms. The number of carbonyl (C=O) groups is 1. The minimum absolute atomic E-state index is 0.0723. The Morgan fingerprint density at radius 2 is 2.43 bits per heavy atom. The van der Waals surface area contributed by atoms with Crippen LogP contribution in [0.4, 0.5) is 5.69 Å². The molecule has 0 N–H and O–H groups in total. The molecule has 1 saturated heterocycles. The number of carbonyl (C=O) groups excluding carboxylic acids is 1. The maximum Gasteiger partial charge on any atom is 0.228 e. The molecule has 0 bridgehead atoms. The van der Waals surface area contributed by atoms with Crippen LogP contribution in [0.3, 0.4) is 0 Å². The Morgan fingerprint density at radius 3 is 3.00 bits per heavy atom. The van der Waals surface area contributed by atoms with Gasteiger partial charge in [-0.3, -0.25) is 4.79 Å². The second kappa shape index (κ2) is 3.87. The van der Waals surface area contributed by atoms with E-state index in [1.165, 1.54) is 0 Å². The van der Waals surface area contributed by atoms with Crippen LogP contribution in [0.1, 0.15) is 6.42 Å². The van der Waals surface area contributed by atoms with Crippen molar-refractivity contribution in [3.63, 3.8) is 0 Å². The molecule has 1 unspecified atom stereocenters. The summed E-state index contributed by atoms with van der Waals surface area (Å²) in [4.78, 5) is 17.2. The number of alkyl halides is 1. The van der Waals surface area contributed by atoms with Crippen LogP contribution in [-0.4, -0.2) is 22.8 Å². The molecular formula is C9H8BrClN2O. The maximum absolute atomic E-state index is 11.5. The van der Waals surface area contributed by atoms with Gasteiger partial charge in [-0.2, -0.15) is 0 Å². The summed E-state index contributed by atoms with van der Waals surface area (Å²) in [7, 11) is 0. The SMILES string of the molecule is O=C1CC(Cl)CN1c1ccnc(Br)c1. The van der Waals surface area contributed by atoms with E-state index in [0.717, 1.165) is 10.3 Å². The zero-order valence-electron chi connectivity index (χ0n) is 7.28. The highest BCUT2D eigenvalue weighted by molar-refractivity contribution is 9.10. The molecule has 1 amide bonds. The first-order valence-electron chi connectivity index (χ1n) is 4.23. The van der Waals surface area contributed by atoms with E-state index in [1.807, 2.05) is 6.07 Å². The number of halogens is 2. The average Bonchev–Trinajstić information content (AvgIpc) is 2.45. The Hall–Kier alpha value is -0.610. The van der Waals surface area contributed by atoms with Gasteiger partial charge in [0.2, 0.25) is 5.91 Å². The number of anilines is 1. The van der Waals surface area contributed by atoms with Crippen molar-refractivity contribution in [1.82, 2.24) is 4.98 Å². The summed E-state index contributed by atoms with van der Waals surface area (Å²) in [6.45, 7) is 0.580. The van der Waals surface area contributed by atoms with Crippen LogP contribution in [-0.2, 0) is 4.79 Å². The van der Waals surface area contributed by atoms with Gasteiger partial charge in [-0.15, -0.1) is 11.6 Å². The predicted octanol–water partition coefficient (Wildman–Crippen LogP) is 2.19. The summed E-state index contributed by atoms with van der Waals surface area (Å²) < 4.78 is 0.723. The van der Waals surface area contributed by atoms with E-state index >= 15 is 0 Å². The lowest BCUT2D eigenvalue weighted by Gasteiger charge is -2.15. The number of amides is 1. The van der Waals surface area contributed by atoms with Gasteiger partial charge in [0.25, 0.3) is 0 Å². The van der Waals surface area contributed by atoms with Crippen LogP contribution in [0.2, 0.25) is 0 Å². The van der Waals surface area contributed by atoms with Gasteiger partial charge >= 0.3 is 0 Å². The van der Waals surface area contributed by atoms with Gasteiger partial charge < -0.3 is 4.90 Å². The molecule has 1 aliphatic rings. The molecule has 2 heterocycles. The first kappa shape index (κ1) is 9.93. The highest BCUT2D eigenvalue weighted by Gasteiger charge is 2.29. The van der Waals surface area contributed by atoms with Crippen molar-refractivity contribution in [2.75, 3.05) is 11.4 Å². The predicted molar refractivity (Wildman–Crippen MR) is 58.5 cm³/mol. The van der Waals surface area contributed by atoms with Gasteiger partial charge in [0, 0.05) is 24.8 Å². The van der Waals surface area contributed by atoms with Gasteiger partial charge in [0.15, 0.2) is 0 Å². The van der Waals surface area contributed by atoms with Gasteiger partial charge in [-0.1, -0.05) is 0 Å². The van der Waals surface area contributed by atoms with E-state index in [0.29, 0.717) is 13.0 Å². The van der Waals surface area contributed by atoms with E-state index in [4.69, 9.17) is 11.6 Å². The first-order chi connectivity index (χ1) is 6.66. The molecule has 1 aromatic heterocycles. The van der Waals surface area contributed by atoms with E-state index in [2.05, 4.69) is 20.9 Å². The Balaban J connectivity index is 2.27. The van der Waals surface area contributed by atoms with E-state index in [-0.39, 0.29) is 11.3 Å². The third kappa shape index (κ3) is 1.91. The third-order valence-electron chi connectivity index (χ3n) is 2.10. The summed E-state index contributed by atoms with van der Waals surface area (Å²) >= 11 is 9.16. The van der Waals surface area contributed by atoms with Crippen LogP contribution in [0.15, 0.2) is 22.9 Å². The summed E-state index contributed by atoms with van der Waals surface area (Å²) in [5, 5.41) is -0.0746. The first-order valence-corrected chi connectivity index (χ1v) is 5.46. The molecule has 0 aliphatic carbocycles. The molecule has 14 heavy (non-hydrogen) atoms. The lowest BCUT2D eigenvalue weighted by atomic mass is 10.4. The fourth-order valence-electron chi connectivity index (χ4n) is 1.47. The second-order valence-electron chi connectivity index (χ2n) is 3.14. The van der Waals surface area contributed by atoms with Gasteiger partial charge in [0.05, 0.1) is 5.38 Å². The van der Waals surface area contributed by atoms with Crippen molar-refractivity contribution in [3.8, 4) is 0 Å². The topological polar surface area (TPSA) is 33.2 Å². The number of pyridine rings is 1. The van der Waals surface area contributed by atoms with Gasteiger partial charge in [-0.25, -0.2) is 4.98 Å². The smallest absolute Gasteiger partial charge is 0.228 e. The van der Waals surface area contributed by atoms with Crippen molar-refractivity contribution < 1.29 is 4.79 Å². The Morgan fingerprint density at radius 1 is 1.64 bits per heavy atom.